The molecule has 0 saturated carbocycles. The highest BCUT2D eigenvalue weighted by Crippen LogP contribution is 2.38. The SMILES string of the molecule is C[C@@H](C(=O)N(C)C)S(=O)(=O)c1cc2c(cc1Cl)OCCO2. The van der Waals surface area contributed by atoms with Crippen molar-refractivity contribution in [3.05, 3.63) is 17.2 Å². The van der Waals surface area contributed by atoms with Crippen LogP contribution in [0.3, 0.4) is 0 Å². The number of rotatable bonds is 3. The maximum atomic E-state index is 12.6. The summed E-state index contributed by atoms with van der Waals surface area (Å²) in [6.07, 6.45) is 0. The molecule has 1 aromatic rings. The Morgan fingerprint density at radius 3 is 2.29 bits per heavy atom. The van der Waals surface area contributed by atoms with Crippen molar-refractivity contribution < 1.29 is 22.7 Å². The minimum atomic E-state index is -3.91. The number of hydrogen-bond donors (Lipinski definition) is 0. The fourth-order valence-electron chi connectivity index (χ4n) is 1.95. The van der Waals surface area contributed by atoms with Gasteiger partial charge in [0, 0.05) is 26.2 Å². The van der Waals surface area contributed by atoms with Crippen LogP contribution >= 0.6 is 11.6 Å². The average Bonchev–Trinajstić information content (AvgIpc) is 2.44. The number of hydrogen-bond acceptors (Lipinski definition) is 5. The molecule has 0 unspecified atom stereocenters. The number of fused-ring (bicyclic) bond motifs is 1. The molecule has 0 aliphatic carbocycles. The molecule has 8 heteroatoms. The molecule has 1 amide bonds. The van der Waals surface area contributed by atoms with Crippen LogP contribution in [0.2, 0.25) is 5.02 Å². The van der Waals surface area contributed by atoms with Gasteiger partial charge in [-0.2, -0.15) is 0 Å². The van der Waals surface area contributed by atoms with Crippen molar-refractivity contribution in [3.63, 3.8) is 0 Å². The zero-order valence-electron chi connectivity index (χ0n) is 11.9. The monoisotopic (exact) mass is 333 g/mol. The number of carbonyl (C=O) groups excluding carboxylic acids is 1. The Balaban J connectivity index is 2.47. The van der Waals surface area contributed by atoms with E-state index < -0.39 is 21.0 Å². The highest BCUT2D eigenvalue weighted by molar-refractivity contribution is 7.92. The van der Waals surface area contributed by atoms with E-state index in [0.29, 0.717) is 24.7 Å². The molecule has 0 fully saturated rings. The van der Waals surface area contributed by atoms with E-state index >= 15 is 0 Å². The standard InChI is InChI=1S/C13H16ClNO5S/c1-8(13(16)15(2)3)21(17,18)12-7-11-10(6-9(12)14)19-4-5-20-11/h6-8H,4-5H2,1-3H3/t8-/m0/s1. The molecule has 0 bridgehead atoms. The molecule has 1 aliphatic rings. The number of halogens is 1. The predicted molar refractivity (Wildman–Crippen MR) is 77.8 cm³/mol. The third kappa shape index (κ3) is 2.94. The highest BCUT2D eigenvalue weighted by Gasteiger charge is 2.33. The van der Waals surface area contributed by atoms with Crippen LogP contribution in [0, 0.1) is 0 Å². The van der Waals surface area contributed by atoms with Crippen molar-refractivity contribution >= 4 is 27.3 Å². The Hall–Kier alpha value is -1.47. The second-order valence-electron chi connectivity index (χ2n) is 4.85. The first-order valence-corrected chi connectivity index (χ1v) is 8.21. The minimum Gasteiger partial charge on any atom is -0.486 e. The molecule has 0 radical (unpaired) electrons. The summed E-state index contributed by atoms with van der Waals surface area (Å²) in [5, 5.41) is -1.22. The maximum absolute atomic E-state index is 12.6. The lowest BCUT2D eigenvalue weighted by molar-refractivity contribution is -0.127. The predicted octanol–water partition coefficient (Wildman–Crippen LogP) is 1.36. The molecule has 0 N–H and O–H groups in total. The largest absolute Gasteiger partial charge is 0.486 e. The third-order valence-corrected chi connectivity index (χ3v) is 5.67. The first-order chi connectivity index (χ1) is 9.75. The Bertz CT molecular complexity index is 671. The fourth-order valence-corrected chi connectivity index (χ4v) is 3.89. The van der Waals surface area contributed by atoms with Gasteiger partial charge in [0.15, 0.2) is 21.3 Å². The molecule has 0 aromatic heterocycles. The summed E-state index contributed by atoms with van der Waals surface area (Å²) in [6.45, 7) is 2.05. The molecule has 0 saturated heterocycles. The molecule has 2 rings (SSSR count). The van der Waals surface area contributed by atoms with Crippen molar-refractivity contribution in [3.8, 4) is 11.5 Å². The van der Waals surface area contributed by atoms with Crippen LogP contribution in [-0.4, -0.2) is 51.8 Å². The third-order valence-electron chi connectivity index (χ3n) is 3.16. The Morgan fingerprint density at radius 2 is 1.76 bits per heavy atom. The average molecular weight is 334 g/mol. The molecule has 0 spiro atoms. The quantitative estimate of drug-likeness (QED) is 0.835. The smallest absolute Gasteiger partial charge is 0.240 e. The Kier molecular flexibility index (Phi) is 4.34. The molecule has 21 heavy (non-hydrogen) atoms. The number of benzene rings is 1. The number of amides is 1. The minimum absolute atomic E-state index is 0.0117. The topological polar surface area (TPSA) is 72.9 Å². The normalized spacial score (nSPS) is 15.4. The molecule has 1 aromatic carbocycles. The Labute approximate surface area is 128 Å². The molecule has 1 aliphatic heterocycles. The second-order valence-corrected chi connectivity index (χ2v) is 7.49. The van der Waals surface area contributed by atoms with Gasteiger partial charge in [0.2, 0.25) is 5.91 Å². The lowest BCUT2D eigenvalue weighted by Crippen LogP contribution is -2.37. The van der Waals surface area contributed by atoms with Crippen LogP contribution in [0.25, 0.3) is 0 Å². The van der Waals surface area contributed by atoms with Gasteiger partial charge in [-0.25, -0.2) is 8.42 Å². The van der Waals surface area contributed by atoms with Crippen molar-refractivity contribution in [2.75, 3.05) is 27.3 Å². The van der Waals surface area contributed by atoms with E-state index in [-0.39, 0.29) is 9.92 Å². The van der Waals surface area contributed by atoms with E-state index in [2.05, 4.69) is 0 Å². The van der Waals surface area contributed by atoms with Crippen LogP contribution in [0.4, 0.5) is 0 Å². The number of nitrogens with zero attached hydrogens (tertiary/aromatic N) is 1. The van der Waals surface area contributed by atoms with E-state index in [1.807, 2.05) is 0 Å². The van der Waals surface area contributed by atoms with Crippen molar-refractivity contribution in [1.29, 1.82) is 0 Å². The van der Waals surface area contributed by atoms with Crippen molar-refractivity contribution in [2.24, 2.45) is 0 Å². The lowest BCUT2D eigenvalue weighted by atomic mass is 10.3. The van der Waals surface area contributed by atoms with Gasteiger partial charge in [-0.1, -0.05) is 11.6 Å². The zero-order chi connectivity index (χ0) is 15.8. The summed E-state index contributed by atoms with van der Waals surface area (Å²) in [5.41, 5.74) is 0. The van der Waals surface area contributed by atoms with Gasteiger partial charge in [-0.05, 0) is 6.92 Å². The van der Waals surface area contributed by atoms with Gasteiger partial charge in [-0.15, -0.1) is 0 Å². The molecule has 1 atom stereocenters. The molecule has 6 nitrogen and oxygen atoms in total. The van der Waals surface area contributed by atoms with E-state index in [1.165, 1.54) is 38.1 Å². The van der Waals surface area contributed by atoms with Gasteiger partial charge < -0.3 is 14.4 Å². The maximum Gasteiger partial charge on any atom is 0.240 e. The number of ether oxygens (including phenoxy) is 2. The number of carbonyl (C=O) groups is 1. The summed E-state index contributed by atoms with van der Waals surface area (Å²) >= 11 is 6.03. The summed E-state index contributed by atoms with van der Waals surface area (Å²) in [5.74, 6) is 0.200. The van der Waals surface area contributed by atoms with E-state index in [4.69, 9.17) is 21.1 Å². The first kappa shape index (κ1) is 15.9. The van der Waals surface area contributed by atoms with Crippen LogP contribution in [0.5, 0.6) is 11.5 Å². The van der Waals surface area contributed by atoms with Crippen molar-refractivity contribution in [1.82, 2.24) is 4.90 Å². The van der Waals surface area contributed by atoms with Crippen LogP contribution in [0.1, 0.15) is 6.92 Å². The number of sulfone groups is 1. The van der Waals surface area contributed by atoms with Gasteiger partial charge in [0.1, 0.15) is 18.5 Å². The van der Waals surface area contributed by atoms with Gasteiger partial charge in [0.05, 0.1) is 9.92 Å². The lowest BCUT2D eigenvalue weighted by Gasteiger charge is -2.21. The molecule has 1 heterocycles. The van der Waals surface area contributed by atoms with E-state index in [9.17, 15) is 13.2 Å². The van der Waals surface area contributed by atoms with Gasteiger partial charge >= 0.3 is 0 Å². The summed E-state index contributed by atoms with van der Waals surface area (Å²) in [4.78, 5) is 13.0. The summed E-state index contributed by atoms with van der Waals surface area (Å²) in [6, 6.07) is 2.71. The zero-order valence-corrected chi connectivity index (χ0v) is 13.5. The summed E-state index contributed by atoms with van der Waals surface area (Å²) in [7, 11) is -0.907. The molecular formula is C13H16ClNO5S. The molecular weight excluding hydrogens is 318 g/mol. The van der Waals surface area contributed by atoms with E-state index in [0.717, 1.165) is 0 Å². The molecule has 116 valence electrons. The van der Waals surface area contributed by atoms with E-state index in [1.54, 1.807) is 0 Å². The van der Waals surface area contributed by atoms with Crippen LogP contribution in [0.15, 0.2) is 17.0 Å². The Morgan fingerprint density at radius 1 is 1.24 bits per heavy atom. The van der Waals surface area contributed by atoms with Crippen molar-refractivity contribution in [2.45, 2.75) is 17.1 Å². The fraction of sp³-hybridized carbons (Fsp3) is 0.462. The van der Waals surface area contributed by atoms with Gasteiger partial charge in [0.25, 0.3) is 0 Å². The van der Waals surface area contributed by atoms with Gasteiger partial charge in [-0.3, -0.25) is 4.79 Å². The van der Waals surface area contributed by atoms with Crippen LogP contribution in [-0.2, 0) is 14.6 Å². The second kappa shape index (κ2) is 5.73. The highest BCUT2D eigenvalue weighted by atomic mass is 35.5. The van der Waals surface area contributed by atoms with Crippen LogP contribution < -0.4 is 9.47 Å². The first-order valence-electron chi connectivity index (χ1n) is 6.29. The summed E-state index contributed by atoms with van der Waals surface area (Å²) < 4.78 is 35.8.